The molecule has 0 radical (unpaired) electrons. The summed E-state index contributed by atoms with van der Waals surface area (Å²) in [5, 5.41) is 7.52. The number of piperidine rings is 1. The highest BCUT2D eigenvalue weighted by atomic mass is 16.5. The number of nitrogens with zero attached hydrogens (tertiary/aromatic N) is 3. The monoisotopic (exact) mass is 288 g/mol. The number of methoxy groups -OCH3 is 1. The van der Waals surface area contributed by atoms with Crippen LogP contribution in [0.4, 0.5) is 0 Å². The zero-order valence-corrected chi connectivity index (χ0v) is 12.4. The SMILES string of the molecule is CNC1CCN(C(=O)c2cnn3cccc(OC)c23)CC1. The number of fused-ring (bicyclic) bond motifs is 1. The van der Waals surface area contributed by atoms with Crippen molar-refractivity contribution in [2.75, 3.05) is 27.2 Å². The van der Waals surface area contributed by atoms with E-state index < -0.39 is 0 Å². The number of pyridine rings is 1. The van der Waals surface area contributed by atoms with E-state index in [0.29, 0.717) is 17.4 Å². The van der Waals surface area contributed by atoms with Crippen LogP contribution in [0, 0.1) is 0 Å². The molecule has 1 saturated heterocycles. The molecule has 0 unspecified atom stereocenters. The second kappa shape index (κ2) is 5.73. The van der Waals surface area contributed by atoms with Gasteiger partial charge in [0.15, 0.2) is 0 Å². The van der Waals surface area contributed by atoms with Crippen LogP contribution in [0.5, 0.6) is 5.75 Å². The Kier molecular flexibility index (Phi) is 3.79. The van der Waals surface area contributed by atoms with Crippen LogP contribution in [-0.4, -0.2) is 53.7 Å². The molecule has 0 aromatic carbocycles. The zero-order chi connectivity index (χ0) is 14.8. The molecule has 1 aliphatic rings. The topological polar surface area (TPSA) is 58.9 Å². The first-order chi connectivity index (χ1) is 10.2. The molecular weight excluding hydrogens is 268 g/mol. The summed E-state index contributed by atoms with van der Waals surface area (Å²) < 4.78 is 7.04. The van der Waals surface area contributed by atoms with Crippen LogP contribution >= 0.6 is 0 Å². The largest absolute Gasteiger partial charge is 0.494 e. The Labute approximate surface area is 123 Å². The van der Waals surface area contributed by atoms with Gasteiger partial charge >= 0.3 is 0 Å². The maximum atomic E-state index is 12.7. The van der Waals surface area contributed by atoms with E-state index in [-0.39, 0.29) is 5.91 Å². The van der Waals surface area contributed by atoms with Gasteiger partial charge in [-0.1, -0.05) is 0 Å². The average molecular weight is 288 g/mol. The predicted octanol–water partition coefficient (Wildman–Crippen LogP) is 1.17. The van der Waals surface area contributed by atoms with E-state index in [0.717, 1.165) is 31.4 Å². The number of carbonyl (C=O) groups excluding carboxylic acids is 1. The first-order valence-corrected chi connectivity index (χ1v) is 7.21. The third-order valence-corrected chi connectivity index (χ3v) is 4.14. The van der Waals surface area contributed by atoms with E-state index in [2.05, 4.69) is 10.4 Å². The highest BCUT2D eigenvalue weighted by Gasteiger charge is 2.25. The van der Waals surface area contributed by atoms with Gasteiger partial charge in [-0.15, -0.1) is 0 Å². The molecule has 0 saturated carbocycles. The first-order valence-electron chi connectivity index (χ1n) is 7.21. The molecule has 3 rings (SSSR count). The third kappa shape index (κ3) is 2.47. The van der Waals surface area contributed by atoms with Crippen molar-refractivity contribution in [3.05, 3.63) is 30.1 Å². The molecule has 0 atom stereocenters. The lowest BCUT2D eigenvalue weighted by Crippen LogP contribution is -2.43. The van der Waals surface area contributed by atoms with Crippen LogP contribution in [0.2, 0.25) is 0 Å². The van der Waals surface area contributed by atoms with Gasteiger partial charge in [0.2, 0.25) is 0 Å². The Bertz CT molecular complexity index is 644. The van der Waals surface area contributed by atoms with Gasteiger partial charge in [-0.2, -0.15) is 5.10 Å². The lowest BCUT2D eigenvalue weighted by molar-refractivity contribution is 0.0709. The fourth-order valence-electron chi connectivity index (χ4n) is 2.87. The maximum absolute atomic E-state index is 12.7. The average Bonchev–Trinajstić information content (AvgIpc) is 2.98. The number of nitrogens with one attached hydrogen (secondary N) is 1. The summed E-state index contributed by atoms with van der Waals surface area (Å²) in [6, 6.07) is 4.21. The fourth-order valence-corrected chi connectivity index (χ4v) is 2.87. The quantitative estimate of drug-likeness (QED) is 0.921. The molecule has 0 spiro atoms. The molecular formula is C15H20N4O2. The van der Waals surface area contributed by atoms with Crippen LogP contribution in [-0.2, 0) is 0 Å². The number of amides is 1. The van der Waals surface area contributed by atoms with E-state index in [1.165, 1.54) is 0 Å². The minimum atomic E-state index is 0.0315. The molecule has 1 N–H and O–H groups in total. The lowest BCUT2D eigenvalue weighted by atomic mass is 10.0. The minimum absolute atomic E-state index is 0.0315. The van der Waals surface area contributed by atoms with Crippen molar-refractivity contribution in [3.63, 3.8) is 0 Å². The van der Waals surface area contributed by atoms with Crippen molar-refractivity contribution in [3.8, 4) is 5.75 Å². The van der Waals surface area contributed by atoms with E-state index >= 15 is 0 Å². The van der Waals surface area contributed by atoms with Crippen molar-refractivity contribution < 1.29 is 9.53 Å². The van der Waals surface area contributed by atoms with Gasteiger partial charge in [0.25, 0.3) is 5.91 Å². The number of likely N-dealkylation sites (tertiary alicyclic amines) is 1. The number of hydrogen-bond donors (Lipinski definition) is 1. The van der Waals surface area contributed by atoms with Crippen LogP contribution in [0.3, 0.4) is 0 Å². The van der Waals surface area contributed by atoms with Crippen LogP contribution < -0.4 is 10.1 Å². The van der Waals surface area contributed by atoms with Crippen LogP contribution in [0.25, 0.3) is 5.52 Å². The number of hydrogen-bond acceptors (Lipinski definition) is 4. The molecule has 6 nitrogen and oxygen atoms in total. The van der Waals surface area contributed by atoms with E-state index in [9.17, 15) is 4.79 Å². The highest BCUT2D eigenvalue weighted by molar-refractivity contribution is 6.02. The van der Waals surface area contributed by atoms with Crippen LogP contribution in [0.15, 0.2) is 24.5 Å². The smallest absolute Gasteiger partial charge is 0.257 e. The number of aromatic nitrogens is 2. The van der Waals surface area contributed by atoms with Crippen molar-refractivity contribution in [1.82, 2.24) is 19.8 Å². The minimum Gasteiger partial charge on any atom is -0.494 e. The molecule has 0 aliphatic carbocycles. The summed E-state index contributed by atoms with van der Waals surface area (Å²) in [4.78, 5) is 14.6. The third-order valence-electron chi connectivity index (χ3n) is 4.14. The van der Waals surface area contributed by atoms with Gasteiger partial charge in [-0.3, -0.25) is 4.79 Å². The molecule has 1 amide bonds. The fraction of sp³-hybridized carbons (Fsp3) is 0.467. The lowest BCUT2D eigenvalue weighted by Gasteiger charge is -2.31. The summed E-state index contributed by atoms with van der Waals surface area (Å²) in [5.41, 5.74) is 1.34. The molecule has 1 fully saturated rings. The van der Waals surface area contributed by atoms with Gasteiger partial charge < -0.3 is 15.0 Å². The van der Waals surface area contributed by atoms with Crippen molar-refractivity contribution in [2.45, 2.75) is 18.9 Å². The van der Waals surface area contributed by atoms with Gasteiger partial charge in [-0.25, -0.2) is 4.52 Å². The van der Waals surface area contributed by atoms with Crippen molar-refractivity contribution in [1.29, 1.82) is 0 Å². The van der Waals surface area contributed by atoms with Gasteiger partial charge in [0.1, 0.15) is 11.3 Å². The first kappa shape index (κ1) is 13.9. The molecule has 21 heavy (non-hydrogen) atoms. The number of ether oxygens (including phenoxy) is 1. The van der Waals surface area contributed by atoms with Gasteiger partial charge in [0, 0.05) is 25.3 Å². The standard InChI is InChI=1S/C15H20N4O2/c1-16-11-5-8-18(9-6-11)15(20)12-10-17-19-7-3-4-13(21-2)14(12)19/h3-4,7,10-11,16H,5-6,8-9H2,1-2H3. The van der Waals surface area contributed by atoms with E-state index in [1.54, 1.807) is 17.8 Å². The van der Waals surface area contributed by atoms with Crippen LogP contribution in [0.1, 0.15) is 23.2 Å². The molecule has 3 heterocycles. The number of carbonyl (C=O) groups is 1. The summed E-state index contributed by atoms with van der Waals surface area (Å²) in [7, 11) is 3.58. The molecule has 2 aromatic heterocycles. The Hall–Kier alpha value is -2.08. The molecule has 0 bridgehead atoms. The van der Waals surface area contributed by atoms with Crippen molar-refractivity contribution in [2.24, 2.45) is 0 Å². The van der Waals surface area contributed by atoms with Gasteiger partial charge in [-0.05, 0) is 32.0 Å². The Morgan fingerprint density at radius 3 is 2.86 bits per heavy atom. The van der Waals surface area contributed by atoms with E-state index in [4.69, 9.17) is 4.74 Å². The summed E-state index contributed by atoms with van der Waals surface area (Å²) in [6.45, 7) is 1.55. The Balaban J connectivity index is 1.88. The van der Waals surface area contributed by atoms with Crippen molar-refractivity contribution >= 4 is 11.4 Å². The molecule has 2 aromatic rings. The molecule has 112 valence electrons. The summed E-state index contributed by atoms with van der Waals surface area (Å²) >= 11 is 0. The number of rotatable bonds is 3. The predicted molar refractivity (Wildman–Crippen MR) is 79.7 cm³/mol. The molecule has 6 heteroatoms. The zero-order valence-electron chi connectivity index (χ0n) is 12.4. The van der Waals surface area contributed by atoms with Gasteiger partial charge in [0.05, 0.1) is 18.9 Å². The highest BCUT2D eigenvalue weighted by Crippen LogP contribution is 2.24. The Morgan fingerprint density at radius 2 is 2.19 bits per heavy atom. The summed E-state index contributed by atoms with van der Waals surface area (Å²) in [5.74, 6) is 0.701. The molecule has 1 aliphatic heterocycles. The normalized spacial score (nSPS) is 16.4. The second-order valence-electron chi connectivity index (χ2n) is 5.28. The van der Waals surface area contributed by atoms with E-state index in [1.807, 2.05) is 30.3 Å². The maximum Gasteiger partial charge on any atom is 0.257 e. The Morgan fingerprint density at radius 1 is 1.43 bits per heavy atom. The second-order valence-corrected chi connectivity index (χ2v) is 5.28. The summed E-state index contributed by atoms with van der Waals surface area (Å²) in [6.07, 6.45) is 5.42.